The molecule has 20 heavy (non-hydrogen) atoms. The van der Waals surface area contributed by atoms with Crippen LogP contribution in [0.2, 0.25) is 0 Å². The van der Waals surface area contributed by atoms with E-state index in [1.54, 1.807) is 22.7 Å². The van der Waals surface area contributed by atoms with E-state index in [2.05, 4.69) is 15.2 Å². The van der Waals surface area contributed by atoms with Crippen molar-refractivity contribution < 1.29 is 14.6 Å². The summed E-state index contributed by atoms with van der Waals surface area (Å²) in [5, 5.41) is 16.8. The lowest BCUT2D eigenvalue weighted by atomic mass is 10.2. The first-order valence-corrected chi connectivity index (χ1v) is 6.58. The number of fused-ring (bicyclic) bond motifs is 1. The Hall–Kier alpha value is -2.23. The molecule has 0 aliphatic rings. The molecule has 0 bridgehead atoms. The summed E-state index contributed by atoms with van der Waals surface area (Å²) in [6, 6.07) is 4.88. The van der Waals surface area contributed by atoms with Crippen LogP contribution in [0.5, 0.6) is 11.6 Å². The highest BCUT2D eigenvalue weighted by Gasteiger charge is 2.15. The number of carboxylic acids is 1. The first-order chi connectivity index (χ1) is 9.65. The minimum absolute atomic E-state index is 0.0696. The second kappa shape index (κ2) is 5.04. The molecule has 3 rings (SSSR count). The molecular formula is C12H7IN4O3. The zero-order valence-electron chi connectivity index (χ0n) is 9.89. The molecule has 0 unspecified atom stereocenters. The quantitative estimate of drug-likeness (QED) is 0.699. The van der Waals surface area contributed by atoms with E-state index in [0.717, 1.165) is 3.57 Å². The van der Waals surface area contributed by atoms with Gasteiger partial charge >= 0.3 is 5.97 Å². The first-order valence-electron chi connectivity index (χ1n) is 5.50. The van der Waals surface area contributed by atoms with Crippen LogP contribution in [0.1, 0.15) is 10.4 Å². The maximum Gasteiger partial charge on any atom is 0.339 e. The SMILES string of the molecule is O=C(O)c1cc(I)ccc1Oc1nccn2cnnc12. The smallest absolute Gasteiger partial charge is 0.339 e. The summed E-state index contributed by atoms with van der Waals surface area (Å²) in [5.41, 5.74) is 0.489. The predicted molar refractivity (Wildman–Crippen MR) is 77.0 cm³/mol. The number of carbonyl (C=O) groups is 1. The van der Waals surface area contributed by atoms with E-state index in [-0.39, 0.29) is 17.2 Å². The Balaban J connectivity index is 2.07. The van der Waals surface area contributed by atoms with Crippen LogP contribution in [-0.4, -0.2) is 30.7 Å². The highest BCUT2D eigenvalue weighted by Crippen LogP contribution is 2.27. The number of rotatable bonds is 3. The molecule has 100 valence electrons. The average molecular weight is 382 g/mol. The molecule has 0 atom stereocenters. The molecule has 3 aromatic rings. The van der Waals surface area contributed by atoms with Crippen LogP contribution in [0.15, 0.2) is 36.9 Å². The van der Waals surface area contributed by atoms with E-state index < -0.39 is 5.97 Å². The average Bonchev–Trinajstić information content (AvgIpc) is 2.90. The number of aromatic nitrogens is 4. The van der Waals surface area contributed by atoms with Gasteiger partial charge in [-0.25, -0.2) is 9.78 Å². The fourth-order valence-electron chi connectivity index (χ4n) is 1.67. The van der Waals surface area contributed by atoms with Crippen LogP contribution in [0.3, 0.4) is 0 Å². The minimum atomic E-state index is -1.06. The molecule has 8 heteroatoms. The summed E-state index contributed by atoms with van der Waals surface area (Å²) < 4.78 is 8.02. The van der Waals surface area contributed by atoms with Gasteiger partial charge < -0.3 is 9.84 Å². The lowest BCUT2D eigenvalue weighted by Gasteiger charge is -2.08. The molecule has 2 aromatic heterocycles. The molecule has 0 aliphatic carbocycles. The number of ether oxygens (including phenoxy) is 1. The summed E-state index contributed by atoms with van der Waals surface area (Å²) in [5.74, 6) is -0.651. The zero-order chi connectivity index (χ0) is 14.1. The summed E-state index contributed by atoms with van der Waals surface area (Å²) in [7, 11) is 0. The third-order valence-corrected chi connectivity index (χ3v) is 3.23. The van der Waals surface area contributed by atoms with Gasteiger partial charge in [0.2, 0.25) is 5.65 Å². The third kappa shape index (κ3) is 2.29. The minimum Gasteiger partial charge on any atom is -0.478 e. The van der Waals surface area contributed by atoms with Gasteiger partial charge in [0.05, 0.1) is 0 Å². The predicted octanol–water partition coefficient (Wildman–Crippen LogP) is 2.22. The maximum absolute atomic E-state index is 11.2. The van der Waals surface area contributed by atoms with Gasteiger partial charge in [-0.05, 0) is 40.8 Å². The van der Waals surface area contributed by atoms with Crippen molar-refractivity contribution in [3.63, 3.8) is 0 Å². The molecule has 7 nitrogen and oxygen atoms in total. The molecule has 0 fully saturated rings. The molecule has 1 aromatic carbocycles. The maximum atomic E-state index is 11.2. The van der Waals surface area contributed by atoms with Crippen molar-refractivity contribution in [1.29, 1.82) is 0 Å². The first kappa shape index (κ1) is 12.8. The summed E-state index contributed by atoms with van der Waals surface area (Å²) in [6.45, 7) is 0. The van der Waals surface area contributed by atoms with Gasteiger partial charge in [-0.15, -0.1) is 10.2 Å². The van der Waals surface area contributed by atoms with Gasteiger partial charge in [0.15, 0.2) is 0 Å². The number of halogens is 1. The third-order valence-electron chi connectivity index (χ3n) is 2.56. The molecule has 1 N–H and O–H groups in total. The number of carboxylic acid groups (broad SMARTS) is 1. The number of hydrogen-bond donors (Lipinski definition) is 1. The van der Waals surface area contributed by atoms with Crippen LogP contribution < -0.4 is 4.74 Å². The van der Waals surface area contributed by atoms with E-state index in [4.69, 9.17) is 4.74 Å². The van der Waals surface area contributed by atoms with E-state index in [1.807, 2.05) is 22.6 Å². The molecule has 0 aliphatic heterocycles. The van der Waals surface area contributed by atoms with E-state index >= 15 is 0 Å². The van der Waals surface area contributed by atoms with E-state index in [1.165, 1.54) is 18.6 Å². The summed E-state index contributed by atoms with van der Waals surface area (Å²) in [4.78, 5) is 15.3. The topological polar surface area (TPSA) is 89.6 Å². The second-order valence-electron chi connectivity index (χ2n) is 3.84. The normalized spacial score (nSPS) is 10.7. The Kier molecular flexibility index (Phi) is 3.22. The molecule has 0 radical (unpaired) electrons. The van der Waals surface area contributed by atoms with Gasteiger partial charge in [-0.2, -0.15) is 0 Å². The van der Waals surface area contributed by atoms with Crippen molar-refractivity contribution in [1.82, 2.24) is 19.6 Å². The van der Waals surface area contributed by atoms with Gasteiger partial charge in [-0.3, -0.25) is 4.40 Å². The fraction of sp³-hybridized carbons (Fsp3) is 0. The molecular weight excluding hydrogens is 375 g/mol. The Morgan fingerprint density at radius 2 is 2.25 bits per heavy atom. The standard InChI is InChI=1S/C12H7IN4O3/c13-7-1-2-9(8(5-7)12(18)19)20-11-10-16-15-6-17(10)4-3-14-11/h1-6H,(H,18,19). The van der Waals surface area contributed by atoms with Crippen molar-refractivity contribution >= 4 is 34.2 Å². The highest BCUT2D eigenvalue weighted by atomic mass is 127. The van der Waals surface area contributed by atoms with Crippen LogP contribution in [0, 0.1) is 3.57 Å². The Labute approximate surface area is 126 Å². The fourth-order valence-corrected chi connectivity index (χ4v) is 2.16. The lowest BCUT2D eigenvalue weighted by Crippen LogP contribution is -2.02. The lowest BCUT2D eigenvalue weighted by molar-refractivity contribution is 0.0694. The van der Waals surface area contributed by atoms with Crippen LogP contribution in [0.25, 0.3) is 5.65 Å². The van der Waals surface area contributed by atoms with Gasteiger partial charge in [0.1, 0.15) is 17.6 Å². The van der Waals surface area contributed by atoms with Crippen LogP contribution in [0.4, 0.5) is 0 Å². The zero-order valence-corrected chi connectivity index (χ0v) is 12.1. The van der Waals surface area contributed by atoms with Crippen LogP contribution in [-0.2, 0) is 0 Å². The van der Waals surface area contributed by atoms with Crippen molar-refractivity contribution in [2.24, 2.45) is 0 Å². The number of benzene rings is 1. The Bertz CT molecular complexity index is 802. The highest BCUT2D eigenvalue weighted by molar-refractivity contribution is 14.1. The van der Waals surface area contributed by atoms with Crippen LogP contribution >= 0.6 is 22.6 Å². The molecule has 0 spiro atoms. The van der Waals surface area contributed by atoms with Crippen molar-refractivity contribution in [3.8, 4) is 11.6 Å². The second-order valence-corrected chi connectivity index (χ2v) is 5.09. The summed E-state index contributed by atoms with van der Waals surface area (Å²) >= 11 is 2.04. The van der Waals surface area contributed by atoms with Gasteiger partial charge in [-0.1, -0.05) is 0 Å². The van der Waals surface area contributed by atoms with Gasteiger partial charge in [0.25, 0.3) is 5.88 Å². The number of nitrogens with zero attached hydrogens (tertiary/aromatic N) is 4. The Morgan fingerprint density at radius 3 is 3.05 bits per heavy atom. The number of hydrogen-bond acceptors (Lipinski definition) is 5. The number of aromatic carboxylic acids is 1. The van der Waals surface area contributed by atoms with E-state index in [9.17, 15) is 9.90 Å². The molecule has 0 saturated carbocycles. The summed E-state index contributed by atoms with van der Waals surface area (Å²) in [6.07, 6.45) is 4.71. The van der Waals surface area contributed by atoms with Crippen molar-refractivity contribution in [2.45, 2.75) is 0 Å². The molecule has 2 heterocycles. The van der Waals surface area contributed by atoms with Crippen molar-refractivity contribution in [2.75, 3.05) is 0 Å². The molecule has 0 saturated heterocycles. The monoisotopic (exact) mass is 382 g/mol. The van der Waals surface area contributed by atoms with Gasteiger partial charge in [0, 0.05) is 16.0 Å². The Morgan fingerprint density at radius 1 is 1.40 bits per heavy atom. The van der Waals surface area contributed by atoms with E-state index in [0.29, 0.717) is 5.65 Å². The molecule has 0 amide bonds. The largest absolute Gasteiger partial charge is 0.478 e. The van der Waals surface area contributed by atoms with Crippen molar-refractivity contribution in [3.05, 3.63) is 46.1 Å².